The average molecular weight is 503 g/mol. The van der Waals surface area contributed by atoms with E-state index in [4.69, 9.17) is 4.74 Å². The molecule has 2 N–H and O–H groups in total. The van der Waals surface area contributed by atoms with Crippen molar-refractivity contribution in [3.8, 4) is 11.5 Å². The summed E-state index contributed by atoms with van der Waals surface area (Å²) in [5.41, 5.74) is 0.881. The highest BCUT2D eigenvalue weighted by Crippen LogP contribution is 2.44. The lowest BCUT2D eigenvalue weighted by molar-refractivity contribution is 0.0967. The molecule has 1 aliphatic heterocycles. The molecule has 0 amide bonds. The number of phenols is 1. The molecular formula is C17H13Br2NO5S. The van der Waals surface area contributed by atoms with Crippen LogP contribution < -0.4 is 9.46 Å². The van der Waals surface area contributed by atoms with Crippen LogP contribution in [0.25, 0.3) is 0 Å². The number of aromatic hydroxyl groups is 1. The topological polar surface area (TPSA) is 92.7 Å². The van der Waals surface area contributed by atoms with Crippen molar-refractivity contribution in [2.75, 3.05) is 7.05 Å². The second kappa shape index (κ2) is 6.80. The predicted molar refractivity (Wildman–Crippen MR) is 103 cm³/mol. The first-order valence-electron chi connectivity index (χ1n) is 7.32. The Bertz CT molecular complexity index is 1030. The molecule has 136 valence electrons. The number of sulfonamides is 1. The molecule has 1 atom stereocenters. The van der Waals surface area contributed by atoms with Gasteiger partial charge in [0.1, 0.15) is 23.2 Å². The Morgan fingerprint density at radius 1 is 1.23 bits per heavy atom. The lowest BCUT2D eigenvalue weighted by Crippen LogP contribution is -2.18. The van der Waals surface area contributed by atoms with Crippen LogP contribution in [-0.2, 0) is 10.0 Å². The zero-order valence-corrected chi connectivity index (χ0v) is 17.4. The van der Waals surface area contributed by atoms with Crippen LogP contribution in [0, 0.1) is 0 Å². The molecule has 2 aromatic carbocycles. The van der Waals surface area contributed by atoms with E-state index in [0.29, 0.717) is 20.1 Å². The number of ether oxygens (including phenoxy) is 1. The molecule has 26 heavy (non-hydrogen) atoms. The fourth-order valence-electron chi connectivity index (χ4n) is 2.66. The van der Waals surface area contributed by atoms with Gasteiger partial charge in [-0.3, -0.25) is 4.79 Å². The molecule has 9 heteroatoms. The van der Waals surface area contributed by atoms with Gasteiger partial charge in [0.25, 0.3) is 0 Å². The Hall–Kier alpha value is -1.68. The number of ketones is 1. The second-order valence-corrected chi connectivity index (χ2v) is 9.16. The van der Waals surface area contributed by atoms with Gasteiger partial charge in [-0.05, 0) is 57.1 Å². The van der Waals surface area contributed by atoms with Gasteiger partial charge in [0.2, 0.25) is 10.0 Å². The van der Waals surface area contributed by atoms with E-state index in [1.54, 1.807) is 6.07 Å². The number of carbonyl (C=O) groups excluding carboxylic acids is 1. The third-order valence-electron chi connectivity index (χ3n) is 4.00. The summed E-state index contributed by atoms with van der Waals surface area (Å²) >= 11 is 6.40. The van der Waals surface area contributed by atoms with Crippen molar-refractivity contribution in [3.63, 3.8) is 0 Å². The first kappa shape index (κ1) is 19.1. The van der Waals surface area contributed by atoms with Gasteiger partial charge in [0.15, 0.2) is 5.78 Å². The number of hydrogen-bond donors (Lipinski definition) is 2. The van der Waals surface area contributed by atoms with Crippen LogP contribution in [0.3, 0.4) is 0 Å². The van der Waals surface area contributed by atoms with Crippen LogP contribution in [0.2, 0.25) is 0 Å². The van der Waals surface area contributed by atoms with E-state index in [1.807, 2.05) is 0 Å². The summed E-state index contributed by atoms with van der Waals surface area (Å²) in [5.74, 6) is -0.560. The first-order chi connectivity index (χ1) is 12.2. The Balaban J connectivity index is 2.04. The molecule has 1 heterocycles. The van der Waals surface area contributed by atoms with Gasteiger partial charge in [-0.1, -0.05) is 12.6 Å². The summed E-state index contributed by atoms with van der Waals surface area (Å²) in [6.45, 7) is 3.79. The van der Waals surface area contributed by atoms with E-state index in [-0.39, 0.29) is 27.9 Å². The van der Waals surface area contributed by atoms with E-state index in [1.165, 1.54) is 31.3 Å². The van der Waals surface area contributed by atoms with Gasteiger partial charge in [0, 0.05) is 17.2 Å². The maximum atomic E-state index is 13.0. The Kier molecular flexibility index (Phi) is 5.00. The summed E-state index contributed by atoms with van der Waals surface area (Å²) in [6, 6.07) is 7.34. The molecule has 0 bridgehead atoms. The van der Waals surface area contributed by atoms with Gasteiger partial charge >= 0.3 is 0 Å². The fourth-order valence-corrected chi connectivity index (χ4v) is 4.59. The molecule has 0 aliphatic carbocycles. The molecule has 3 rings (SSSR count). The summed E-state index contributed by atoms with van der Waals surface area (Å²) in [6.07, 6.45) is 0. The van der Waals surface area contributed by atoms with E-state index in [2.05, 4.69) is 43.2 Å². The third kappa shape index (κ3) is 3.20. The molecule has 0 fully saturated rings. The maximum absolute atomic E-state index is 13.0. The number of Topliss-reactive ketones (excluding diaryl/α,β-unsaturated/α-hetero) is 1. The highest BCUT2D eigenvalue weighted by atomic mass is 79.9. The second-order valence-electron chi connectivity index (χ2n) is 5.56. The van der Waals surface area contributed by atoms with Gasteiger partial charge in [-0.25, -0.2) is 13.1 Å². The number of benzene rings is 2. The molecule has 2 aromatic rings. The minimum absolute atomic E-state index is 0.00892. The number of allylic oxidation sites excluding steroid dienone is 1. The Morgan fingerprint density at radius 3 is 2.42 bits per heavy atom. The summed E-state index contributed by atoms with van der Waals surface area (Å²) in [4.78, 5) is 13.0. The molecule has 1 aliphatic rings. The zero-order valence-electron chi connectivity index (χ0n) is 13.4. The lowest BCUT2D eigenvalue weighted by atomic mass is 9.90. The third-order valence-corrected chi connectivity index (χ3v) is 6.62. The number of nitrogens with one attached hydrogen (secondary N) is 1. The fraction of sp³-hybridized carbons (Fsp3) is 0.118. The SMILES string of the molecule is C=C1Oc2cc(S(=O)(=O)NC)ccc2C1C(=O)c1cc(Br)c(O)c(Br)c1. The van der Waals surface area contributed by atoms with Gasteiger partial charge in [-0.15, -0.1) is 0 Å². The molecule has 6 nitrogen and oxygen atoms in total. The standard InChI is InChI=1S/C17H13Br2NO5S/c1-8-15(16(21)9-5-12(18)17(22)13(19)6-9)11-4-3-10(7-14(11)25-8)26(23,24)20-2/h3-7,15,20,22H,1H2,2H3. The van der Waals surface area contributed by atoms with E-state index >= 15 is 0 Å². The molecule has 0 saturated carbocycles. The van der Waals surface area contributed by atoms with Crippen molar-refractivity contribution >= 4 is 47.7 Å². The van der Waals surface area contributed by atoms with Crippen molar-refractivity contribution in [1.82, 2.24) is 4.72 Å². The van der Waals surface area contributed by atoms with Crippen molar-refractivity contribution in [3.05, 3.63) is 62.7 Å². The van der Waals surface area contributed by atoms with Crippen LogP contribution in [0.5, 0.6) is 11.5 Å². The highest BCUT2D eigenvalue weighted by Gasteiger charge is 2.36. The minimum atomic E-state index is -3.63. The summed E-state index contributed by atoms with van der Waals surface area (Å²) in [7, 11) is -2.31. The number of carbonyl (C=O) groups is 1. The normalized spacial score (nSPS) is 16.3. The van der Waals surface area contributed by atoms with E-state index in [0.717, 1.165) is 0 Å². The zero-order chi connectivity index (χ0) is 19.2. The Labute approximate surface area is 167 Å². The number of hydrogen-bond acceptors (Lipinski definition) is 5. The maximum Gasteiger partial charge on any atom is 0.240 e. The van der Waals surface area contributed by atoms with Crippen LogP contribution in [0.15, 0.2) is 56.5 Å². The monoisotopic (exact) mass is 501 g/mol. The van der Waals surface area contributed by atoms with Crippen molar-refractivity contribution in [2.24, 2.45) is 0 Å². The van der Waals surface area contributed by atoms with Crippen molar-refractivity contribution in [2.45, 2.75) is 10.8 Å². The summed E-state index contributed by atoms with van der Waals surface area (Å²) < 4.78 is 32.4. The van der Waals surface area contributed by atoms with Crippen molar-refractivity contribution in [1.29, 1.82) is 0 Å². The number of rotatable bonds is 4. The Morgan fingerprint density at radius 2 is 1.85 bits per heavy atom. The lowest BCUT2D eigenvalue weighted by Gasteiger charge is -2.11. The number of phenolic OH excluding ortho intramolecular Hbond substituents is 1. The molecule has 0 spiro atoms. The van der Waals surface area contributed by atoms with E-state index < -0.39 is 15.9 Å². The molecule has 0 radical (unpaired) electrons. The smallest absolute Gasteiger partial charge is 0.240 e. The average Bonchev–Trinajstić information content (AvgIpc) is 2.93. The van der Waals surface area contributed by atoms with Gasteiger partial charge in [-0.2, -0.15) is 0 Å². The largest absolute Gasteiger partial charge is 0.506 e. The molecule has 0 aromatic heterocycles. The molecule has 0 saturated heterocycles. The number of fused-ring (bicyclic) bond motifs is 1. The first-order valence-corrected chi connectivity index (χ1v) is 10.4. The van der Waals surface area contributed by atoms with Crippen molar-refractivity contribution < 1.29 is 23.1 Å². The quantitative estimate of drug-likeness (QED) is 0.622. The van der Waals surface area contributed by atoms with Crippen LogP contribution >= 0.6 is 31.9 Å². The van der Waals surface area contributed by atoms with Crippen LogP contribution in [-0.4, -0.2) is 26.4 Å². The van der Waals surface area contributed by atoms with Gasteiger partial charge in [0.05, 0.1) is 13.8 Å². The predicted octanol–water partition coefficient (Wildman–Crippen LogP) is 3.70. The van der Waals surface area contributed by atoms with Crippen LogP contribution in [0.4, 0.5) is 0 Å². The number of halogens is 2. The molecule has 1 unspecified atom stereocenters. The molecular weight excluding hydrogens is 490 g/mol. The van der Waals surface area contributed by atoms with E-state index in [9.17, 15) is 18.3 Å². The summed E-state index contributed by atoms with van der Waals surface area (Å²) in [5, 5.41) is 9.81. The minimum Gasteiger partial charge on any atom is -0.506 e. The highest BCUT2D eigenvalue weighted by molar-refractivity contribution is 9.11. The van der Waals surface area contributed by atoms with Crippen LogP contribution in [0.1, 0.15) is 21.8 Å². The van der Waals surface area contributed by atoms with Gasteiger partial charge < -0.3 is 9.84 Å².